The first-order valence-corrected chi connectivity index (χ1v) is 13.7. The lowest BCUT2D eigenvalue weighted by Crippen LogP contribution is -2.27. The van der Waals surface area contributed by atoms with E-state index in [2.05, 4.69) is 0 Å². The van der Waals surface area contributed by atoms with Crippen LogP contribution in [0.3, 0.4) is 0 Å². The Bertz CT molecular complexity index is 1930. The molecule has 0 atom stereocenters. The molecule has 11 heteroatoms. The smallest absolute Gasteiger partial charge is 0.355 e. The lowest BCUT2D eigenvalue weighted by Gasteiger charge is -2.21. The highest BCUT2D eigenvalue weighted by Gasteiger charge is 2.28. The molecule has 0 aliphatic heterocycles. The summed E-state index contributed by atoms with van der Waals surface area (Å²) in [4.78, 5) is 28.0. The molecule has 0 fully saturated rings. The van der Waals surface area contributed by atoms with E-state index in [1.807, 2.05) is 0 Å². The zero-order valence-corrected chi connectivity index (χ0v) is 25.3. The van der Waals surface area contributed by atoms with Crippen LogP contribution in [0.25, 0.3) is 27.6 Å². The van der Waals surface area contributed by atoms with Crippen molar-refractivity contribution in [3.8, 4) is 45.6 Å². The van der Waals surface area contributed by atoms with Crippen LogP contribution in [0.5, 0.6) is 28.7 Å². The molecule has 0 aliphatic rings. The van der Waals surface area contributed by atoms with E-state index in [1.165, 1.54) is 52.2 Å². The van der Waals surface area contributed by atoms with Gasteiger partial charge >= 0.3 is 5.97 Å². The quantitative estimate of drug-likeness (QED) is 0.154. The predicted molar refractivity (Wildman–Crippen MR) is 168 cm³/mol. The second kappa shape index (κ2) is 12.9. The maximum absolute atomic E-state index is 14.4. The van der Waals surface area contributed by atoms with E-state index < -0.39 is 17.3 Å². The van der Waals surface area contributed by atoms with Crippen LogP contribution in [0.1, 0.15) is 16.1 Å². The van der Waals surface area contributed by atoms with Crippen molar-refractivity contribution in [2.24, 2.45) is 0 Å². The Hall–Kier alpha value is -5.71. The number of anilines is 1. The lowest BCUT2D eigenvalue weighted by molar-refractivity contribution is 0.0591. The summed E-state index contributed by atoms with van der Waals surface area (Å²) in [5.74, 6) is 0.185. The van der Waals surface area contributed by atoms with Gasteiger partial charge in [0.25, 0.3) is 5.56 Å². The van der Waals surface area contributed by atoms with Gasteiger partial charge in [-0.2, -0.15) is 0 Å². The maximum atomic E-state index is 14.4. The number of fused-ring (bicyclic) bond motifs is 1. The molecular formula is C34H31FN2O8. The number of hydrogen-bond donors (Lipinski definition) is 1. The molecule has 2 N–H and O–H groups in total. The van der Waals surface area contributed by atoms with Gasteiger partial charge in [0.1, 0.15) is 18.1 Å². The van der Waals surface area contributed by atoms with E-state index >= 15 is 0 Å². The number of esters is 1. The van der Waals surface area contributed by atoms with Gasteiger partial charge in [0, 0.05) is 27.9 Å². The SMILES string of the molecule is COC(=O)c1c(-c2cc(OC)c(OC)c(OC)c2)c2cc(OC)c(OCc3ccccc3F)cc2c(=O)n1-c1ccc(N)cc1. The van der Waals surface area contributed by atoms with E-state index in [9.17, 15) is 14.0 Å². The molecule has 0 saturated carbocycles. The average molecular weight is 615 g/mol. The number of halogens is 1. The number of nitrogen functional groups attached to an aromatic ring is 1. The number of hydrogen-bond acceptors (Lipinski definition) is 9. The monoisotopic (exact) mass is 614 g/mol. The van der Waals surface area contributed by atoms with Crippen molar-refractivity contribution in [3.05, 3.63) is 100 Å². The molecule has 5 rings (SSSR count). The van der Waals surface area contributed by atoms with Crippen LogP contribution in [0.15, 0.2) is 77.6 Å². The molecule has 45 heavy (non-hydrogen) atoms. The van der Waals surface area contributed by atoms with Gasteiger partial charge in [-0.05, 0) is 60.2 Å². The summed E-state index contributed by atoms with van der Waals surface area (Å²) < 4.78 is 49.2. The Labute approximate surface area is 258 Å². The number of benzene rings is 4. The fraction of sp³-hybridized carbons (Fsp3) is 0.176. The summed E-state index contributed by atoms with van der Waals surface area (Å²) in [6, 6.07) is 19.1. The summed E-state index contributed by atoms with van der Waals surface area (Å²) in [6.07, 6.45) is 0. The summed E-state index contributed by atoms with van der Waals surface area (Å²) in [7, 11) is 7.08. The molecule has 1 aromatic heterocycles. The number of rotatable bonds is 10. The third kappa shape index (κ3) is 5.67. The van der Waals surface area contributed by atoms with Crippen molar-refractivity contribution in [2.45, 2.75) is 6.61 Å². The minimum absolute atomic E-state index is 0.0730. The topological polar surface area (TPSA) is 120 Å². The number of carbonyl (C=O) groups is 1. The first kappa shape index (κ1) is 30.7. The highest BCUT2D eigenvalue weighted by atomic mass is 19.1. The van der Waals surface area contributed by atoms with Gasteiger partial charge in [-0.15, -0.1) is 0 Å². The number of pyridine rings is 1. The van der Waals surface area contributed by atoms with Crippen LogP contribution < -0.4 is 35.0 Å². The van der Waals surface area contributed by atoms with Crippen LogP contribution in [0, 0.1) is 5.82 Å². The van der Waals surface area contributed by atoms with E-state index in [1.54, 1.807) is 60.7 Å². The van der Waals surface area contributed by atoms with Gasteiger partial charge in [0.05, 0.1) is 40.9 Å². The fourth-order valence-electron chi connectivity index (χ4n) is 5.13. The van der Waals surface area contributed by atoms with E-state index in [0.717, 1.165) is 0 Å². The third-order valence-electron chi connectivity index (χ3n) is 7.29. The number of aromatic nitrogens is 1. The first-order valence-electron chi connectivity index (χ1n) is 13.7. The average Bonchev–Trinajstić information content (AvgIpc) is 3.06. The Morgan fingerprint density at radius 1 is 0.778 bits per heavy atom. The first-order chi connectivity index (χ1) is 21.8. The molecule has 0 amide bonds. The van der Waals surface area contributed by atoms with Gasteiger partial charge < -0.3 is 34.2 Å². The second-order valence-electron chi connectivity index (χ2n) is 9.79. The highest BCUT2D eigenvalue weighted by Crippen LogP contribution is 2.45. The second-order valence-corrected chi connectivity index (χ2v) is 9.79. The predicted octanol–water partition coefficient (Wildman–Crippen LogP) is 5.78. The van der Waals surface area contributed by atoms with Crippen molar-refractivity contribution < 1.29 is 37.6 Å². The Kier molecular flexibility index (Phi) is 8.80. The van der Waals surface area contributed by atoms with Crippen molar-refractivity contribution in [3.63, 3.8) is 0 Å². The Balaban J connectivity index is 1.90. The van der Waals surface area contributed by atoms with Gasteiger partial charge in [-0.3, -0.25) is 9.36 Å². The normalized spacial score (nSPS) is 10.8. The third-order valence-corrected chi connectivity index (χ3v) is 7.29. The van der Waals surface area contributed by atoms with E-state index in [4.69, 9.17) is 34.2 Å². The van der Waals surface area contributed by atoms with E-state index in [-0.39, 0.29) is 29.2 Å². The summed E-state index contributed by atoms with van der Waals surface area (Å²) >= 11 is 0. The van der Waals surface area contributed by atoms with Crippen molar-refractivity contribution in [1.29, 1.82) is 0 Å². The molecular weight excluding hydrogens is 583 g/mol. The Morgan fingerprint density at radius 2 is 1.40 bits per heavy atom. The molecule has 232 valence electrons. The molecule has 0 spiro atoms. The molecule has 10 nitrogen and oxygen atoms in total. The molecule has 0 aliphatic carbocycles. The number of nitrogens with zero attached hydrogens (tertiary/aromatic N) is 1. The van der Waals surface area contributed by atoms with E-state index in [0.29, 0.717) is 50.7 Å². The van der Waals surface area contributed by atoms with Gasteiger partial charge in [-0.25, -0.2) is 9.18 Å². The van der Waals surface area contributed by atoms with Gasteiger partial charge in [0.15, 0.2) is 23.0 Å². The minimum Gasteiger partial charge on any atom is -0.493 e. The molecule has 0 bridgehead atoms. The number of nitrogens with two attached hydrogens (primary N) is 1. The molecule has 0 unspecified atom stereocenters. The van der Waals surface area contributed by atoms with Crippen molar-refractivity contribution in [1.82, 2.24) is 4.57 Å². The fourth-order valence-corrected chi connectivity index (χ4v) is 5.13. The molecule has 1 heterocycles. The van der Waals surface area contributed by atoms with Gasteiger partial charge in [0.2, 0.25) is 5.75 Å². The van der Waals surface area contributed by atoms with Crippen LogP contribution in [0.4, 0.5) is 10.1 Å². The zero-order chi connectivity index (χ0) is 32.2. The number of ether oxygens (including phenoxy) is 6. The standard InChI is InChI=1S/C34H31FN2O8/c1-40-26-16-23-24(17-27(26)45-18-19-8-6-7-9-25(19)35)33(38)37(22-12-10-21(36)11-13-22)31(34(39)44-5)30(23)20-14-28(41-2)32(43-4)29(15-20)42-3/h6-17H,18,36H2,1-5H3. The van der Waals surface area contributed by atoms with Crippen LogP contribution in [-0.2, 0) is 11.3 Å². The maximum Gasteiger partial charge on any atom is 0.355 e. The van der Waals surface area contributed by atoms with Crippen LogP contribution in [-0.4, -0.2) is 46.1 Å². The summed E-state index contributed by atoms with van der Waals surface area (Å²) in [5, 5.41) is 0.518. The molecule has 5 aromatic rings. The summed E-state index contributed by atoms with van der Waals surface area (Å²) in [6.45, 7) is -0.124. The Morgan fingerprint density at radius 3 is 1.98 bits per heavy atom. The van der Waals surface area contributed by atoms with Crippen LogP contribution >= 0.6 is 0 Å². The zero-order valence-electron chi connectivity index (χ0n) is 25.3. The largest absolute Gasteiger partial charge is 0.493 e. The number of methoxy groups -OCH3 is 5. The molecule has 4 aromatic carbocycles. The lowest BCUT2D eigenvalue weighted by atomic mass is 9.95. The van der Waals surface area contributed by atoms with Crippen molar-refractivity contribution in [2.75, 3.05) is 41.3 Å². The molecule has 0 saturated heterocycles. The van der Waals surface area contributed by atoms with Crippen molar-refractivity contribution >= 4 is 22.4 Å². The number of carbonyl (C=O) groups excluding carboxylic acids is 1. The minimum atomic E-state index is -0.784. The van der Waals surface area contributed by atoms with Crippen LogP contribution in [0.2, 0.25) is 0 Å². The molecule has 0 radical (unpaired) electrons. The summed E-state index contributed by atoms with van der Waals surface area (Å²) in [5.41, 5.74) is 7.21. The van der Waals surface area contributed by atoms with Gasteiger partial charge in [-0.1, -0.05) is 18.2 Å². The highest BCUT2D eigenvalue weighted by molar-refractivity contribution is 6.08.